The summed E-state index contributed by atoms with van der Waals surface area (Å²) in [5.74, 6) is 0.822. The van der Waals surface area contributed by atoms with E-state index in [9.17, 15) is 10.2 Å². The molecule has 4 heteroatoms. The minimum Gasteiger partial charge on any atom is -0.508 e. The van der Waals surface area contributed by atoms with Gasteiger partial charge in [0.2, 0.25) is 0 Å². The zero-order chi connectivity index (χ0) is 14.7. The van der Waals surface area contributed by atoms with Crippen LogP contribution in [-0.2, 0) is 0 Å². The van der Waals surface area contributed by atoms with Crippen molar-refractivity contribution >= 4 is 23.2 Å². The Balaban J connectivity index is 0.00000220. The number of fused-ring (bicyclic) bond motifs is 1. The maximum atomic E-state index is 10.2. The van der Waals surface area contributed by atoms with E-state index in [0.29, 0.717) is 12.3 Å². The highest BCUT2D eigenvalue weighted by Crippen LogP contribution is 2.25. The van der Waals surface area contributed by atoms with Gasteiger partial charge in [-0.1, -0.05) is 32.0 Å². The lowest BCUT2D eigenvalue weighted by Crippen LogP contribution is -2.26. The number of phenolic OH excluding ortho intramolecular Hbond substituents is 1. The monoisotopic (exact) mass is 309 g/mol. The molecule has 0 aliphatic heterocycles. The normalized spacial score (nSPS) is 14.0. The molecule has 0 unspecified atom stereocenters. The second-order valence-electron chi connectivity index (χ2n) is 5.86. The molecule has 0 radical (unpaired) electrons. The summed E-state index contributed by atoms with van der Waals surface area (Å²) in [4.78, 5) is 0. The number of hydrogen-bond acceptors (Lipinski definition) is 3. The summed E-state index contributed by atoms with van der Waals surface area (Å²) in [5.41, 5.74) is 7.08. The zero-order valence-electron chi connectivity index (χ0n) is 12.5. The highest BCUT2D eigenvalue weighted by Gasteiger charge is 2.17. The number of nitrogens with two attached hydrogens (primary N) is 1. The molecule has 2 atom stereocenters. The van der Waals surface area contributed by atoms with Crippen LogP contribution in [0.25, 0.3) is 10.8 Å². The number of aliphatic hydroxyl groups excluding tert-OH is 1. The molecule has 0 fully saturated rings. The lowest BCUT2D eigenvalue weighted by Gasteiger charge is -2.20. The third kappa shape index (κ3) is 4.60. The summed E-state index contributed by atoms with van der Waals surface area (Å²) >= 11 is 0. The van der Waals surface area contributed by atoms with E-state index in [1.807, 2.05) is 24.3 Å². The average Bonchev–Trinajstić information content (AvgIpc) is 2.43. The molecule has 2 rings (SSSR count). The van der Waals surface area contributed by atoms with Crippen molar-refractivity contribution in [1.29, 1.82) is 0 Å². The van der Waals surface area contributed by atoms with Gasteiger partial charge in [-0.2, -0.15) is 0 Å². The van der Waals surface area contributed by atoms with Crippen molar-refractivity contribution in [2.24, 2.45) is 11.7 Å². The van der Waals surface area contributed by atoms with E-state index in [1.54, 1.807) is 12.1 Å². The van der Waals surface area contributed by atoms with Crippen LogP contribution in [0.1, 0.15) is 38.3 Å². The van der Waals surface area contributed by atoms with Crippen LogP contribution in [0.2, 0.25) is 0 Å². The number of aliphatic hydroxyl groups is 1. The number of benzene rings is 2. The second kappa shape index (κ2) is 7.64. The molecule has 0 saturated carbocycles. The van der Waals surface area contributed by atoms with Gasteiger partial charge in [-0.15, -0.1) is 12.4 Å². The molecular weight excluding hydrogens is 286 g/mol. The van der Waals surface area contributed by atoms with Crippen molar-refractivity contribution in [1.82, 2.24) is 0 Å². The maximum Gasteiger partial charge on any atom is 0.116 e. The first-order valence-electron chi connectivity index (χ1n) is 7.13. The van der Waals surface area contributed by atoms with Gasteiger partial charge in [-0.05, 0) is 53.3 Å². The molecule has 0 aliphatic carbocycles. The molecule has 116 valence electrons. The molecule has 0 heterocycles. The molecule has 0 aromatic heterocycles. The minimum absolute atomic E-state index is 0. The van der Waals surface area contributed by atoms with E-state index < -0.39 is 6.10 Å². The number of aromatic hydroxyl groups is 1. The van der Waals surface area contributed by atoms with Gasteiger partial charge in [0.15, 0.2) is 0 Å². The van der Waals surface area contributed by atoms with E-state index in [-0.39, 0.29) is 24.2 Å². The first-order chi connectivity index (χ1) is 9.47. The quantitative estimate of drug-likeness (QED) is 0.787. The van der Waals surface area contributed by atoms with Gasteiger partial charge in [0.25, 0.3) is 0 Å². The van der Waals surface area contributed by atoms with Crippen molar-refractivity contribution in [3.05, 3.63) is 42.0 Å². The van der Waals surface area contributed by atoms with Crippen molar-refractivity contribution in [3.8, 4) is 5.75 Å². The Labute approximate surface area is 132 Å². The largest absolute Gasteiger partial charge is 0.508 e. The molecule has 2 aromatic rings. The summed E-state index contributed by atoms with van der Waals surface area (Å²) in [5, 5.41) is 21.6. The lowest BCUT2D eigenvalue weighted by molar-refractivity contribution is 0.128. The fourth-order valence-corrected chi connectivity index (χ4v) is 2.36. The van der Waals surface area contributed by atoms with Gasteiger partial charge < -0.3 is 15.9 Å². The van der Waals surface area contributed by atoms with E-state index in [2.05, 4.69) is 13.8 Å². The molecule has 0 saturated heterocycles. The Morgan fingerprint density at radius 3 is 2.29 bits per heavy atom. The molecule has 0 bridgehead atoms. The number of phenols is 1. The van der Waals surface area contributed by atoms with Crippen LogP contribution < -0.4 is 5.73 Å². The topological polar surface area (TPSA) is 66.5 Å². The van der Waals surface area contributed by atoms with Crippen LogP contribution in [0.15, 0.2) is 36.4 Å². The Morgan fingerprint density at radius 1 is 1.00 bits per heavy atom. The average molecular weight is 310 g/mol. The molecule has 2 aromatic carbocycles. The Hall–Kier alpha value is -1.29. The van der Waals surface area contributed by atoms with Gasteiger partial charge in [0.05, 0.1) is 12.1 Å². The predicted octanol–water partition coefficient (Wildman–Crippen LogP) is 3.76. The van der Waals surface area contributed by atoms with Gasteiger partial charge in [0.1, 0.15) is 5.75 Å². The van der Waals surface area contributed by atoms with E-state index in [0.717, 1.165) is 22.8 Å². The van der Waals surface area contributed by atoms with Crippen LogP contribution in [0, 0.1) is 5.92 Å². The molecule has 0 amide bonds. The number of halogens is 1. The number of hydrogen-bond donors (Lipinski definition) is 3. The SMILES string of the molecule is CC(C)CC[C@H](O)[C@H](N)c1ccc2cc(O)ccc2c1.Cl. The summed E-state index contributed by atoms with van der Waals surface area (Å²) in [6, 6.07) is 10.7. The fourth-order valence-electron chi connectivity index (χ4n) is 2.36. The van der Waals surface area contributed by atoms with Crippen molar-refractivity contribution in [2.75, 3.05) is 0 Å². The first-order valence-corrected chi connectivity index (χ1v) is 7.13. The molecular formula is C17H24ClNO2. The van der Waals surface area contributed by atoms with Gasteiger partial charge in [-0.25, -0.2) is 0 Å². The second-order valence-corrected chi connectivity index (χ2v) is 5.86. The van der Waals surface area contributed by atoms with Crippen LogP contribution in [0.4, 0.5) is 0 Å². The molecule has 3 nitrogen and oxygen atoms in total. The summed E-state index contributed by atoms with van der Waals surface area (Å²) in [7, 11) is 0. The van der Waals surface area contributed by atoms with Crippen LogP contribution in [-0.4, -0.2) is 16.3 Å². The first kappa shape index (κ1) is 17.8. The van der Waals surface area contributed by atoms with Gasteiger partial charge in [-0.3, -0.25) is 0 Å². The molecule has 21 heavy (non-hydrogen) atoms. The van der Waals surface area contributed by atoms with Crippen LogP contribution >= 0.6 is 12.4 Å². The standard InChI is InChI=1S/C17H23NO2.ClH/c1-11(2)3-8-16(20)17(18)14-5-4-13-10-15(19)7-6-12(13)9-14;/h4-7,9-11,16-17,19-20H,3,8,18H2,1-2H3;1H/t16-,17+;/m0./s1. The highest BCUT2D eigenvalue weighted by atomic mass is 35.5. The zero-order valence-corrected chi connectivity index (χ0v) is 13.3. The van der Waals surface area contributed by atoms with E-state index in [4.69, 9.17) is 5.73 Å². The maximum absolute atomic E-state index is 10.2. The van der Waals surface area contributed by atoms with E-state index in [1.165, 1.54) is 0 Å². The molecule has 4 N–H and O–H groups in total. The summed E-state index contributed by atoms with van der Waals surface area (Å²) < 4.78 is 0. The van der Waals surface area contributed by atoms with Gasteiger partial charge >= 0.3 is 0 Å². The van der Waals surface area contributed by atoms with Crippen molar-refractivity contribution in [2.45, 2.75) is 38.8 Å². The van der Waals surface area contributed by atoms with Crippen LogP contribution in [0.5, 0.6) is 5.75 Å². The third-order valence-electron chi connectivity index (χ3n) is 3.69. The van der Waals surface area contributed by atoms with Crippen LogP contribution in [0.3, 0.4) is 0 Å². The predicted molar refractivity (Wildman–Crippen MR) is 89.9 cm³/mol. The Bertz CT molecular complexity index is 586. The minimum atomic E-state index is -0.521. The summed E-state index contributed by atoms with van der Waals surface area (Å²) in [6.45, 7) is 4.28. The highest BCUT2D eigenvalue weighted by molar-refractivity contribution is 5.85. The van der Waals surface area contributed by atoms with E-state index >= 15 is 0 Å². The smallest absolute Gasteiger partial charge is 0.116 e. The lowest BCUT2D eigenvalue weighted by atomic mass is 9.94. The third-order valence-corrected chi connectivity index (χ3v) is 3.69. The van der Waals surface area contributed by atoms with Crippen molar-refractivity contribution in [3.63, 3.8) is 0 Å². The number of rotatable bonds is 5. The van der Waals surface area contributed by atoms with Gasteiger partial charge in [0, 0.05) is 0 Å². The Kier molecular flexibility index (Phi) is 6.46. The molecule has 0 spiro atoms. The van der Waals surface area contributed by atoms with Crippen molar-refractivity contribution < 1.29 is 10.2 Å². The summed E-state index contributed by atoms with van der Waals surface area (Å²) in [6.07, 6.45) is 1.16. The molecule has 0 aliphatic rings. The Morgan fingerprint density at radius 2 is 1.62 bits per heavy atom. The fraction of sp³-hybridized carbons (Fsp3) is 0.412.